The van der Waals surface area contributed by atoms with E-state index in [1.165, 1.54) is 18.3 Å². The van der Waals surface area contributed by atoms with Gasteiger partial charge in [-0.25, -0.2) is 4.98 Å². The number of halogens is 2. The molecule has 9 nitrogen and oxygen atoms in total. The van der Waals surface area contributed by atoms with E-state index < -0.39 is 10.5 Å². The number of ether oxygens (including phenoxy) is 1. The van der Waals surface area contributed by atoms with Crippen molar-refractivity contribution in [3.8, 4) is 17.3 Å². The second kappa shape index (κ2) is 11.1. The molecule has 0 atom stereocenters. The highest BCUT2D eigenvalue weighted by Crippen LogP contribution is 2.35. The van der Waals surface area contributed by atoms with E-state index in [4.69, 9.17) is 32.4 Å². The van der Waals surface area contributed by atoms with Crippen LogP contribution < -0.4 is 10.3 Å². The Morgan fingerprint density at radius 3 is 2.60 bits per heavy atom. The van der Waals surface area contributed by atoms with Crippen molar-refractivity contribution in [2.24, 2.45) is 5.10 Å². The van der Waals surface area contributed by atoms with Gasteiger partial charge < -0.3 is 9.15 Å². The number of aromatic nitrogens is 2. The van der Waals surface area contributed by atoms with Crippen molar-refractivity contribution >= 4 is 57.0 Å². The summed E-state index contributed by atoms with van der Waals surface area (Å²) < 4.78 is 13.0. The van der Waals surface area contributed by atoms with E-state index in [0.29, 0.717) is 26.9 Å². The summed E-state index contributed by atoms with van der Waals surface area (Å²) in [6, 6.07) is 24.0. The SMILES string of the molecule is Cc1ccc(COc2c(C=Nn3c(-c4cc5cc(Cl)ccc5o4)nc4ccccc4c3=O)cc(Cl)cc2[N+](=O)[O-])cc1. The molecular formula is C31H20Cl2N4O5. The zero-order valence-corrected chi connectivity index (χ0v) is 23.5. The molecule has 0 aliphatic rings. The first-order valence-corrected chi connectivity index (χ1v) is 13.4. The minimum atomic E-state index is -0.581. The Labute approximate surface area is 248 Å². The Bertz CT molecular complexity index is 2080. The maximum absolute atomic E-state index is 13.7. The van der Waals surface area contributed by atoms with Gasteiger partial charge in [-0.05, 0) is 55.0 Å². The van der Waals surface area contributed by atoms with Gasteiger partial charge in [-0.15, -0.1) is 0 Å². The van der Waals surface area contributed by atoms with Gasteiger partial charge in [-0.3, -0.25) is 14.9 Å². The van der Waals surface area contributed by atoms with Gasteiger partial charge in [0, 0.05) is 27.1 Å². The maximum atomic E-state index is 13.7. The Balaban J connectivity index is 1.49. The lowest BCUT2D eigenvalue weighted by Crippen LogP contribution is -2.20. The van der Waals surface area contributed by atoms with E-state index in [1.807, 2.05) is 31.2 Å². The number of nitrogens with zero attached hydrogens (tertiary/aromatic N) is 4. The summed E-state index contributed by atoms with van der Waals surface area (Å²) >= 11 is 12.4. The van der Waals surface area contributed by atoms with Crippen LogP contribution in [0.4, 0.5) is 5.69 Å². The third-order valence-corrected chi connectivity index (χ3v) is 6.98. The Kier molecular flexibility index (Phi) is 7.20. The molecule has 208 valence electrons. The lowest BCUT2D eigenvalue weighted by Gasteiger charge is -2.11. The van der Waals surface area contributed by atoms with Crippen LogP contribution in [-0.4, -0.2) is 20.8 Å². The summed E-state index contributed by atoms with van der Waals surface area (Å²) in [5, 5.41) is 18.0. The van der Waals surface area contributed by atoms with Crippen LogP contribution in [0.25, 0.3) is 33.5 Å². The fourth-order valence-electron chi connectivity index (χ4n) is 4.46. The van der Waals surface area contributed by atoms with Crippen molar-refractivity contribution in [1.82, 2.24) is 9.66 Å². The second-order valence-corrected chi connectivity index (χ2v) is 10.4. The fourth-order valence-corrected chi connectivity index (χ4v) is 4.86. The maximum Gasteiger partial charge on any atom is 0.313 e. The predicted octanol–water partition coefficient (Wildman–Crippen LogP) is 7.79. The van der Waals surface area contributed by atoms with E-state index in [-0.39, 0.29) is 40.2 Å². The minimum Gasteiger partial charge on any atom is -0.481 e. The van der Waals surface area contributed by atoms with E-state index >= 15 is 0 Å². The third-order valence-electron chi connectivity index (χ3n) is 6.53. The van der Waals surface area contributed by atoms with Gasteiger partial charge in [0.2, 0.25) is 11.6 Å². The Morgan fingerprint density at radius 2 is 1.81 bits per heavy atom. The predicted molar refractivity (Wildman–Crippen MR) is 163 cm³/mol. The van der Waals surface area contributed by atoms with Gasteiger partial charge >= 0.3 is 5.69 Å². The van der Waals surface area contributed by atoms with E-state index in [1.54, 1.807) is 48.5 Å². The number of fused-ring (bicyclic) bond motifs is 2. The topological polar surface area (TPSA) is 113 Å². The molecule has 0 saturated carbocycles. The molecule has 42 heavy (non-hydrogen) atoms. The Hall–Kier alpha value is -4.99. The zero-order valence-electron chi connectivity index (χ0n) is 22.0. The van der Waals surface area contributed by atoms with Crippen molar-refractivity contribution in [2.75, 3.05) is 0 Å². The lowest BCUT2D eigenvalue weighted by atomic mass is 10.1. The van der Waals surface area contributed by atoms with Gasteiger partial charge in [0.25, 0.3) is 5.56 Å². The largest absolute Gasteiger partial charge is 0.481 e. The summed E-state index contributed by atoms with van der Waals surface area (Å²) in [5.74, 6) is 0.358. The molecule has 4 aromatic carbocycles. The van der Waals surface area contributed by atoms with Crippen LogP contribution in [0, 0.1) is 17.0 Å². The van der Waals surface area contributed by atoms with Crippen LogP contribution in [0.1, 0.15) is 16.7 Å². The van der Waals surface area contributed by atoms with Crippen LogP contribution in [0.2, 0.25) is 10.0 Å². The van der Waals surface area contributed by atoms with E-state index in [2.05, 4.69) is 10.1 Å². The van der Waals surface area contributed by atoms with Gasteiger partial charge in [-0.1, -0.05) is 65.2 Å². The number of aryl methyl sites for hydroxylation is 1. The fraction of sp³-hybridized carbons (Fsp3) is 0.0645. The molecule has 0 unspecified atom stereocenters. The first kappa shape index (κ1) is 27.2. The first-order valence-electron chi connectivity index (χ1n) is 12.7. The molecule has 0 radical (unpaired) electrons. The molecule has 0 spiro atoms. The zero-order chi connectivity index (χ0) is 29.4. The van der Waals surface area contributed by atoms with Gasteiger partial charge in [0.15, 0.2) is 5.76 Å². The standard InChI is InChI=1S/C31H20Cl2N4O5/c1-18-6-8-19(9-7-18)17-41-29-21(13-23(33)15-26(29)37(39)40)16-34-36-30(35-25-5-3-2-4-24(25)31(36)38)28-14-20-12-22(32)10-11-27(20)42-28/h2-16H,17H2,1H3. The van der Waals surface area contributed by atoms with Crippen LogP contribution in [0.5, 0.6) is 5.75 Å². The molecule has 0 saturated heterocycles. The molecule has 0 amide bonds. The van der Waals surface area contributed by atoms with E-state index in [0.717, 1.165) is 15.8 Å². The van der Waals surface area contributed by atoms with Crippen LogP contribution in [0.3, 0.4) is 0 Å². The molecule has 0 aliphatic carbocycles. The summed E-state index contributed by atoms with van der Waals surface area (Å²) in [6.07, 6.45) is 1.28. The summed E-state index contributed by atoms with van der Waals surface area (Å²) in [7, 11) is 0. The molecule has 6 rings (SSSR count). The van der Waals surface area contributed by atoms with Crippen molar-refractivity contribution in [2.45, 2.75) is 13.5 Å². The van der Waals surface area contributed by atoms with Crippen molar-refractivity contribution in [1.29, 1.82) is 0 Å². The van der Waals surface area contributed by atoms with Crippen LogP contribution in [-0.2, 0) is 6.61 Å². The van der Waals surface area contributed by atoms with Crippen LogP contribution >= 0.6 is 23.2 Å². The molecule has 11 heteroatoms. The minimum absolute atomic E-state index is 0.0459. The number of benzene rings is 4. The molecule has 6 aromatic rings. The van der Waals surface area contributed by atoms with Crippen molar-refractivity contribution in [3.63, 3.8) is 0 Å². The number of hydrogen-bond acceptors (Lipinski definition) is 7. The van der Waals surface area contributed by atoms with Crippen molar-refractivity contribution in [3.05, 3.63) is 132 Å². The highest BCUT2D eigenvalue weighted by molar-refractivity contribution is 6.31. The average Bonchev–Trinajstić information content (AvgIpc) is 3.39. The highest BCUT2D eigenvalue weighted by atomic mass is 35.5. The summed E-state index contributed by atoms with van der Waals surface area (Å²) in [6.45, 7) is 2.02. The average molecular weight is 599 g/mol. The van der Waals surface area contributed by atoms with Gasteiger partial charge in [0.1, 0.15) is 12.2 Å². The van der Waals surface area contributed by atoms with E-state index in [9.17, 15) is 14.9 Å². The third kappa shape index (κ3) is 5.35. The first-order chi connectivity index (χ1) is 20.3. The second-order valence-electron chi connectivity index (χ2n) is 9.48. The number of nitro groups is 1. The summed E-state index contributed by atoms with van der Waals surface area (Å²) in [4.78, 5) is 29.7. The molecule has 0 N–H and O–H groups in total. The quantitative estimate of drug-likeness (QED) is 0.105. The summed E-state index contributed by atoms with van der Waals surface area (Å²) in [5.41, 5.74) is 2.27. The highest BCUT2D eigenvalue weighted by Gasteiger charge is 2.22. The molecule has 2 heterocycles. The smallest absolute Gasteiger partial charge is 0.313 e. The number of furan rings is 1. The lowest BCUT2D eigenvalue weighted by molar-refractivity contribution is -0.385. The normalized spacial score (nSPS) is 11.5. The molecule has 0 aliphatic heterocycles. The molecule has 2 aromatic heterocycles. The van der Waals surface area contributed by atoms with Gasteiger partial charge in [-0.2, -0.15) is 9.78 Å². The number of rotatable bonds is 7. The number of hydrogen-bond donors (Lipinski definition) is 0. The van der Waals surface area contributed by atoms with Crippen molar-refractivity contribution < 1.29 is 14.1 Å². The monoisotopic (exact) mass is 598 g/mol. The molecular weight excluding hydrogens is 579 g/mol. The van der Waals surface area contributed by atoms with Crippen LogP contribution in [0.15, 0.2) is 99.2 Å². The Morgan fingerprint density at radius 1 is 1.02 bits per heavy atom. The number of nitro benzene ring substituents is 1. The van der Waals surface area contributed by atoms with Gasteiger partial charge in [0.05, 0.1) is 22.0 Å². The molecule has 0 fully saturated rings. The number of para-hydroxylation sites is 1. The molecule has 0 bridgehead atoms.